The molecule has 1 heterocycles. The van der Waals surface area contributed by atoms with Crippen LogP contribution in [0, 0.1) is 0 Å². The molecule has 0 fully saturated rings. The molecule has 0 radical (unpaired) electrons. The van der Waals surface area contributed by atoms with Gasteiger partial charge in [0.05, 0.1) is 13.0 Å². The van der Waals surface area contributed by atoms with Gasteiger partial charge in [0.2, 0.25) is 5.91 Å². The highest BCUT2D eigenvalue weighted by Gasteiger charge is 2.13. The summed E-state index contributed by atoms with van der Waals surface area (Å²) in [6.45, 7) is 5.11. The Morgan fingerprint density at radius 1 is 1.42 bits per heavy atom. The Kier molecular flexibility index (Phi) is 5.36. The zero-order chi connectivity index (χ0) is 13.5. The maximum Gasteiger partial charge on any atom is 0.226 e. The molecule has 1 amide bonds. The highest BCUT2D eigenvalue weighted by atomic mass is 16.5. The van der Waals surface area contributed by atoms with Crippen LogP contribution in [0.15, 0.2) is 18.2 Å². The van der Waals surface area contributed by atoms with E-state index in [0.29, 0.717) is 13.0 Å². The second-order valence-electron chi connectivity index (χ2n) is 4.78. The third-order valence-corrected chi connectivity index (χ3v) is 3.24. The van der Waals surface area contributed by atoms with Crippen LogP contribution in [0.5, 0.6) is 0 Å². The third-order valence-electron chi connectivity index (χ3n) is 3.24. The van der Waals surface area contributed by atoms with Gasteiger partial charge in [0.25, 0.3) is 0 Å². The van der Waals surface area contributed by atoms with Gasteiger partial charge < -0.3 is 15.4 Å². The summed E-state index contributed by atoms with van der Waals surface area (Å²) >= 11 is 0. The second kappa shape index (κ2) is 7.26. The van der Waals surface area contributed by atoms with E-state index in [0.717, 1.165) is 38.2 Å². The number of carbonyl (C=O) groups excluding carboxylic acids is 1. The summed E-state index contributed by atoms with van der Waals surface area (Å²) < 4.78 is 5.33. The summed E-state index contributed by atoms with van der Waals surface area (Å²) in [6.07, 6.45) is 2.43. The van der Waals surface area contributed by atoms with Crippen LogP contribution in [0.25, 0.3) is 0 Å². The van der Waals surface area contributed by atoms with Crippen molar-refractivity contribution in [1.29, 1.82) is 0 Å². The van der Waals surface area contributed by atoms with Crippen LogP contribution in [-0.4, -0.2) is 25.7 Å². The molecule has 0 unspecified atom stereocenters. The Balaban J connectivity index is 1.90. The first-order valence-electron chi connectivity index (χ1n) is 7.00. The largest absolute Gasteiger partial charge is 0.381 e. The number of anilines is 1. The molecule has 2 rings (SSSR count). The van der Waals surface area contributed by atoms with Crippen LogP contribution in [-0.2, 0) is 22.5 Å². The lowest BCUT2D eigenvalue weighted by molar-refractivity contribution is -0.117. The molecular weight excluding hydrogens is 240 g/mol. The smallest absolute Gasteiger partial charge is 0.226 e. The molecule has 19 heavy (non-hydrogen) atoms. The minimum absolute atomic E-state index is 0.0232. The van der Waals surface area contributed by atoms with E-state index in [-0.39, 0.29) is 5.91 Å². The monoisotopic (exact) mass is 262 g/mol. The maximum absolute atomic E-state index is 11.8. The predicted molar refractivity (Wildman–Crippen MR) is 76.2 cm³/mol. The first-order chi connectivity index (χ1) is 9.31. The number of hydrogen-bond acceptors (Lipinski definition) is 3. The van der Waals surface area contributed by atoms with Gasteiger partial charge in [0.1, 0.15) is 0 Å². The zero-order valence-electron chi connectivity index (χ0n) is 11.5. The molecule has 1 aliphatic heterocycles. The topological polar surface area (TPSA) is 50.4 Å². The van der Waals surface area contributed by atoms with Crippen molar-refractivity contribution in [2.24, 2.45) is 0 Å². The summed E-state index contributed by atoms with van der Waals surface area (Å²) in [5.41, 5.74) is 3.49. The van der Waals surface area contributed by atoms with Crippen molar-refractivity contribution < 1.29 is 9.53 Å². The van der Waals surface area contributed by atoms with E-state index >= 15 is 0 Å². The fourth-order valence-electron chi connectivity index (χ4n) is 2.26. The molecule has 1 aromatic rings. The first-order valence-corrected chi connectivity index (χ1v) is 7.00. The van der Waals surface area contributed by atoms with Gasteiger partial charge in [-0.25, -0.2) is 0 Å². The third kappa shape index (κ3) is 4.04. The maximum atomic E-state index is 11.8. The fourth-order valence-corrected chi connectivity index (χ4v) is 2.26. The number of rotatable bonds is 6. The van der Waals surface area contributed by atoms with E-state index in [1.54, 1.807) is 0 Å². The van der Waals surface area contributed by atoms with Gasteiger partial charge in [-0.05, 0) is 36.6 Å². The summed E-state index contributed by atoms with van der Waals surface area (Å²) in [7, 11) is 0. The molecule has 0 aliphatic carbocycles. The Hall–Kier alpha value is -1.39. The molecule has 104 valence electrons. The Bertz CT molecular complexity index is 432. The van der Waals surface area contributed by atoms with Crippen molar-refractivity contribution in [3.63, 3.8) is 0 Å². The number of nitrogens with one attached hydrogen (secondary N) is 2. The van der Waals surface area contributed by atoms with Crippen molar-refractivity contribution in [1.82, 2.24) is 5.32 Å². The lowest BCUT2D eigenvalue weighted by Crippen LogP contribution is -2.25. The van der Waals surface area contributed by atoms with E-state index in [1.165, 1.54) is 11.1 Å². The quantitative estimate of drug-likeness (QED) is 0.772. The van der Waals surface area contributed by atoms with Gasteiger partial charge >= 0.3 is 0 Å². The van der Waals surface area contributed by atoms with Gasteiger partial charge in [-0.2, -0.15) is 0 Å². The molecule has 0 aromatic heterocycles. The lowest BCUT2D eigenvalue weighted by Gasteiger charge is -2.20. The second-order valence-corrected chi connectivity index (χ2v) is 4.78. The van der Waals surface area contributed by atoms with Crippen LogP contribution >= 0.6 is 0 Å². The minimum atomic E-state index is 0.0232. The highest BCUT2D eigenvalue weighted by Crippen LogP contribution is 2.22. The zero-order valence-corrected chi connectivity index (χ0v) is 11.5. The van der Waals surface area contributed by atoms with E-state index in [2.05, 4.69) is 23.6 Å². The molecule has 0 atom stereocenters. The molecule has 0 bridgehead atoms. The number of carbonyl (C=O) groups is 1. The van der Waals surface area contributed by atoms with Gasteiger partial charge in [0, 0.05) is 18.8 Å². The number of hydrogen-bond donors (Lipinski definition) is 2. The Morgan fingerprint density at radius 2 is 2.32 bits per heavy atom. The predicted octanol–water partition coefficient (Wildman–Crippen LogP) is 2.09. The van der Waals surface area contributed by atoms with Crippen molar-refractivity contribution in [3.05, 3.63) is 29.3 Å². The Labute approximate surface area is 114 Å². The molecule has 1 aliphatic rings. The summed E-state index contributed by atoms with van der Waals surface area (Å²) in [4.78, 5) is 11.8. The summed E-state index contributed by atoms with van der Waals surface area (Å²) in [5, 5.41) is 6.33. The van der Waals surface area contributed by atoms with E-state index in [4.69, 9.17) is 4.74 Å². The Morgan fingerprint density at radius 3 is 3.16 bits per heavy atom. The van der Waals surface area contributed by atoms with Crippen molar-refractivity contribution in [2.75, 3.05) is 25.1 Å². The number of benzene rings is 1. The first kappa shape index (κ1) is 14.0. The average molecular weight is 262 g/mol. The van der Waals surface area contributed by atoms with Crippen molar-refractivity contribution in [3.8, 4) is 0 Å². The summed E-state index contributed by atoms with van der Waals surface area (Å²) in [6, 6.07) is 6.11. The molecule has 4 heteroatoms. The molecule has 2 N–H and O–H groups in total. The van der Waals surface area contributed by atoms with Crippen LogP contribution in [0.4, 0.5) is 5.69 Å². The number of ether oxygens (including phenoxy) is 1. The van der Waals surface area contributed by atoms with E-state index < -0.39 is 0 Å². The average Bonchev–Trinajstić information content (AvgIpc) is 2.44. The van der Waals surface area contributed by atoms with Crippen molar-refractivity contribution >= 4 is 11.6 Å². The van der Waals surface area contributed by atoms with Gasteiger partial charge in [-0.3, -0.25) is 4.79 Å². The van der Waals surface area contributed by atoms with Crippen molar-refractivity contribution in [2.45, 2.75) is 32.7 Å². The molecule has 0 saturated heterocycles. The normalized spacial score (nSPS) is 13.9. The lowest BCUT2D eigenvalue weighted by atomic mass is 9.99. The molecular formula is C15H22N2O2. The van der Waals surface area contributed by atoms with Crippen LogP contribution in [0.3, 0.4) is 0 Å². The molecule has 0 saturated carbocycles. The number of fused-ring (bicyclic) bond motifs is 1. The van der Waals surface area contributed by atoms with E-state index in [9.17, 15) is 4.79 Å². The SMILES string of the molecule is CCCOCCC(=O)Nc1cccc2c1CNCC2. The van der Waals surface area contributed by atoms with Crippen LogP contribution in [0.1, 0.15) is 30.9 Å². The van der Waals surface area contributed by atoms with Crippen LogP contribution in [0.2, 0.25) is 0 Å². The van der Waals surface area contributed by atoms with Gasteiger partial charge in [-0.1, -0.05) is 19.1 Å². The summed E-state index contributed by atoms with van der Waals surface area (Å²) in [5.74, 6) is 0.0232. The molecule has 1 aromatic carbocycles. The van der Waals surface area contributed by atoms with Gasteiger partial charge in [0.15, 0.2) is 0 Å². The van der Waals surface area contributed by atoms with Gasteiger partial charge in [-0.15, -0.1) is 0 Å². The minimum Gasteiger partial charge on any atom is -0.381 e. The fraction of sp³-hybridized carbons (Fsp3) is 0.533. The highest BCUT2D eigenvalue weighted by molar-refractivity contribution is 5.91. The number of amides is 1. The molecule has 0 spiro atoms. The molecule has 4 nitrogen and oxygen atoms in total. The standard InChI is InChI=1S/C15H22N2O2/c1-2-9-19-10-7-15(18)17-14-5-3-4-12-6-8-16-11-13(12)14/h3-5,16H,2,6-11H2,1H3,(H,17,18). The van der Waals surface area contributed by atoms with Crippen LogP contribution < -0.4 is 10.6 Å². The van der Waals surface area contributed by atoms with E-state index in [1.807, 2.05) is 12.1 Å².